The molecule has 1 atom stereocenters. The molecule has 0 saturated heterocycles. The highest BCUT2D eigenvalue weighted by atomic mass is 79.9. The number of dihydropyridines is 1. The van der Waals surface area contributed by atoms with Gasteiger partial charge in [0, 0.05) is 10.7 Å². The van der Waals surface area contributed by atoms with Gasteiger partial charge in [-0.2, -0.15) is 5.26 Å². The Morgan fingerprint density at radius 3 is 3.11 bits per heavy atom. The summed E-state index contributed by atoms with van der Waals surface area (Å²) in [6.45, 7) is 0.603. The minimum atomic E-state index is -0.0376. The number of hydrogen-bond acceptors (Lipinski definition) is 2. The molecule has 0 aromatic rings. The molecule has 1 aliphatic heterocycles. The van der Waals surface area contributed by atoms with E-state index in [1.807, 2.05) is 6.08 Å². The predicted octanol–water partition coefficient (Wildman–Crippen LogP) is 1.49. The van der Waals surface area contributed by atoms with Crippen molar-refractivity contribution in [2.45, 2.75) is 0 Å². The van der Waals surface area contributed by atoms with E-state index in [2.05, 4.69) is 27.0 Å². The topological polar surface area (TPSA) is 36.1 Å². The lowest BCUT2D eigenvalue weighted by molar-refractivity contribution is 0.829. The lowest BCUT2D eigenvalue weighted by atomic mass is 10.1. The Labute approximate surface area is 62.0 Å². The molecule has 46 valence electrons. The van der Waals surface area contributed by atoms with Gasteiger partial charge in [0.2, 0.25) is 0 Å². The smallest absolute Gasteiger partial charge is 0.0853 e. The number of rotatable bonds is 0. The molecular weight excluding hydrogens is 180 g/mol. The molecule has 0 saturated carbocycles. The zero-order chi connectivity index (χ0) is 6.69. The summed E-state index contributed by atoms with van der Waals surface area (Å²) in [4.78, 5) is 3.95. The third-order valence-electron chi connectivity index (χ3n) is 1.04. The molecule has 2 nitrogen and oxygen atoms in total. The van der Waals surface area contributed by atoms with Gasteiger partial charge >= 0.3 is 0 Å². The first-order valence-corrected chi connectivity index (χ1v) is 3.39. The summed E-state index contributed by atoms with van der Waals surface area (Å²) in [5.74, 6) is -0.0376. The minimum absolute atomic E-state index is 0.0376. The highest BCUT2D eigenvalue weighted by Gasteiger charge is 2.05. The molecule has 1 heterocycles. The summed E-state index contributed by atoms with van der Waals surface area (Å²) in [6.07, 6.45) is 3.57. The van der Waals surface area contributed by atoms with Gasteiger partial charge in [0.05, 0.1) is 18.5 Å². The Bertz CT molecular complexity index is 200. The zero-order valence-corrected chi connectivity index (χ0v) is 6.30. The summed E-state index contributed by atoms with van der Waals surface area (Å²) in [6, 6.07) is 2.11. The number of nitriles is 1. The average Bonchev–Trinajstić information content (AvgIpc) is 1.88. The highest BCUT2D eigenvalue weighted by molar-refractivity contribution is 9.12. The summed E-state index contributed by atoms with van der Waals surface area (Å²) >= 11 is 3.23. The fourth-order valence-electron chi connectivity index (χ4n) is 0.620. The van der Waals surface area contributed by atoms with Crippen LogP contribution < -0.4 is 0 Å². The maximum Gasteiger partial charge on any atom is 0.0853 e. The zero-order valence-electron chi connectivity index (χ0n) is 4.71. The van der Waals surface area contributed by atoms with Crippen LogP contribution in [0.25, 0.3) is 0 Å². The van der Waals surface area contributed by atoms with Crippen LogP contribution in [0.15, 0.2) is 15.6 Å². The van der Waals surface area contributed by atoms with Crippen LogP contribution in [0.4, 0.5) is 0 Å². The summed E-state index contributed by atoms with van der Waals surface area (Å²) in [5, 5.41) is 8.42. The number of aliphatic imine (C=N–C) groups is 1. The van der Waals surface area contributed by atoms with Crippen molar-refractivity contribution in [2.75, 3.05) is 6.54 Å². The second kappa shape index (κ2) is 2.79. The van der Waals surface area contributed by atoms with E-state index < -0.39 is 0 Å². The first-order valence-electron chi connectivity index (χ1n) is 2.59. The molecule has 1 unspecified atom stereocenters. The van der Waals surface area contributed by atoms with Gasteiger partial charge in [0.15, 0.2) is 0 Å². The van der Waals surface area contributed by atoms with Crippen LogP contribution in [0.3, 0.4) is 0 Å². The Hall–Kier alpha value is -0.620. The Balaban J connectivity index is 2.69. The van der Waals surface area contributed by atoms with E-state index in [4.69, 9.17) is 5.26 Å². The fraction of sp³-hybridized carbons (Fsp3) is 0.333. The van der Waals surface area contributed by atoms with Crippen molar-refractivity contribution in [3.63, 3.8) is 0 Å². The number of allylic oxidation sites excluding steroid dienone is 1. The van der Waals surface area contributed by atoms with Crippen molar-refractivity contribution in [1.82, 2.24) is 0 Å². The van der Waals surface area contributed by atoms with Gasteiger partial charge in [-0.25, -0.2) is 0 Å². The van der Waals surface area contributed by atoms with E-state index in [0.717, 1.165) is 4.48 Å². The highest BCUT2D eigenvalue weighted by Crippen LogP contribution is 2.11. The van der Waals surface area contributed by atoms with E-state index in [0.29, 0.717) is 6.54 Å². The van der Waals surface area contributed by atoms with E-state index in [-0.39, 0.29) is 5.92 Å². The quantitative estimate of drug-likeness (QED) is 0.563. The largest absolute Gasteiger partial charge is 0.290 e. The molecule has 0 spiro atoms. The van der Waals surface area contributed by atoms with Crippen LogP contribution in [0.1, 0.15) is 0 Å². The third-order valence-corrected chi connectivity index (χ3v) is 1.51. The van der Waals surface area contributed by atoms with Crippen molar-refractivity contribution in [3.8, 4) is 6.07 Å². The molecule has 0 N–H and O–H groups in total. The average molecular weight is 185 g/mol. The molecule has 0 fully saturated rings. The lowest BCUT2D eigenvalue weighted by Crippen LogP contribution is -2.02. The molecule has 0 amide bonds. The van der Waals surface area contributed by atoms with Gasteiger partial charge in [0.25, 0.3) is 0 Å². The second-order valence-electron chi connectivity index (χ2n) is 1.78. The molecule has 0 aromatic heterocycles. The van der Waals surface area contributed by atoms with Crippen molar-refractivity contribution in [3.05, 3.63) is 10.6 Å². The van der Waals surface area contributed by atoms with Gasteiger partial charge in [-0.3, -0.25) is 4.99 Å². The molecule has 1 aliphatic rings. The van der Waals surface area contributed by atoms with Crippen LogP contribution in [-0.2, 0) is 0 Å². The Morgan fingerprint density at radius 2 is 2.67 bits per heavy atom. The lowest BCUT2D eigenvalue weighted by Gasteiger charge is -2.03. The fourth-order valence-corrected chi connectivity index (χ4v) is 1.08. The van der Waals surface area contributed by atoms with Crippen LogP contribution >= 0.6 is 15.9 Å². The molecule has 0 radical (unpaired) electrons. The monoisotopic (exact) mass is 184 g/mol. The number of hydrogen-bond donors (Lipinski definition) is 0. The second-order valence-corrected chi connectivity index (χ2v) is 2.70. The van der Waals surface area contributed by atoms with Crippen LogP contribution in [0, 0.1) is 17.2 Å². The Kier molecular flexibility index (Phi) is 2.01. The maximum atomic E-state index is 8.42. The van der Waals surface area contributed by atoms with E-state index in [9.17, 15) is 0 Å². The summed E-state index contributed by atoms with van der Waals surface area (Å²) in [7, 11) is 0. The summed E-state index contributed by atoms with van der Waals surface area (Å²) in [5.41, 5.74) is 0. The van der Waals surface area contributed by atoms with E-state index >= 15 is 0 Å². The SMILES string of the molecule is N#CC1C=C(Br)C=NC1. The normalized spacial score (nSPS) is 24.9. The van der Waals surface area contributed by atoms with Gasteiger partial charge < -0.3 is 0 Å². The standard InChI is InChI=1S/C6H5BrN2/c7-6-1-5(2-8)3-9-4-6/h1,4-5H,3H2. The van der Waals surface area contributed by atoms with Gasteiger partial charge in [0.1, 0.15) is 0 Å². The van der Waals surface area contributed by atoms with Crippen molar-refractivity contribution in [2.24, 2.45) is 10.9 Å². The predicted molar refractivity (Wildman–Crippen MR) is 39.5 cm³/mol. The third kappa shape index (κ3) is 1.65. The van der Waals surface area contributed by atoms with Crippen LogP contribution in [0.2, 0.25) is 0 Å². The first kappa shape index (κ1) is 6.50. The van der Waals surface area contributed by atoms with Crippen LogP contribution in [0.5, 0.6) is 0 Å². The minimum Gasteiger partial charge on any atom is -0.290 e. The van der Waals surface area contributed by atoms with Gasteiger partial charge in [-0.1, -0.05) is 0 Å². The number of halogens is 1. The van der Waals surface area contributed by atoms with E-state index in [1.165, 1.54) is 0 Å². The maximum absolute atomic E-state index is 8.42. The molecule has 0 aliphatic carbocycles. The van der Waals surface area contributed by atoms with Crippen molar-refractivity contribution >= 4 is 22.1 Å². The molecule has 3 heteroatoms. The Morgan fingerprint density at radius 1 is 1.89 bits per heavy atom. The van der Waals surface area contributed by atoms with Crippen molar-refractivity contribution < 1.29 is 0 Å². The number of nitrogens with zero attached hydrogens (tertiary/aromatic N) is 2. The van der Waals surface area contributed by atoms with E-state index in [1.54, 1.807) is 6.21 Å². The molecule has 1 rings (SSSR count). The van der Waals surface area contributed by atoms with Gasteiger partial charge in [-0.05, 0) is 22.0 Å². The van der Waals surface area contributed by atoms with Crippen LogP contribution in [-0.4, -0.2) is 12.8 Å². The molecular formula is C6H5BrN2. The summed E-state index contributed by atoms with van der Waals surface area (Å²) < 4.78 is 0.903. The molecule has 0 bridgehead atoms. The van der Waals surface area contributed by atoms with Crippen molar-refractivity contribution in [1.29, 1.82) is 5.26 Å². The molecule has 9 heavy (non-hydrogen) atoms. The first-order chi connectivity index (χ1) is 4.33. The molecule has 0 aromatic carbocycles. The van der Waals surface area contributed by atoms with Gasteiger partial charge in [-0.15, -0.1) is 0 Å².